The van der Waals surface area contributed by atoms with Crippen LogP contribution < -0.4 is 0 Å². The molecule has 1 amide bonds. The third-order valence-corrected chi connectivity index (χ3v) is 2.95. The van der Waals surface area contributed by atoms with E-state index >= 15 is 0 Å². The van der Waals surface area contributed by atoms with Crippen molar-refractivity contribution in [1.82, 2.24) is 4.90 Å². The molecule has 0 N–H and O–H groups in total. The molecule has 0 bridgehead atoms. The average Bonchev–Trinajstić information content (AvgIpc) is 2.34. The van der Waals surface area contributed by atoms with E-state index in [0.29, 0.717) is 13.0 Å². The van der Waals surface area contributed by atoms with Crippen LogP contribution in [-0.2, 0) is 23.9 Å². The van der Waals surface area contributed by atoms with Gasteiger partial charge in [0.25, 0.3) is 0 Å². The molecule has 0 aromatic rings. The number of hydrogen-bond donors (Lipinski definition) is 0. The van der Waals surface area contributed by atoms with Gasteiger partial charge in [-0.3, -0.25) is 14.4 Å². The lowest BCUT2D eigenvalue weighted by molar-refractivity contribution is -0.152. The van der Waals surface area contributed by atoms with Crippen molar-refractivity contribution in [3.8, 4) is 0 Å². The van der Waals surface area contributed by atoms with Crippen LogP contribution in [0.5, 0.6) is 0 Å². The summed E-state index contributed by atoms with van der Waals surface area (Å²) in [6, 6.07) is 0. The van der Waals surface area contributed by atoms with Crippen molar-refractivity contribution in [1.29, 1.82) is 0 Å². The molecule has 116 valence electrons. The monoisotopic (exact) mass is 287 g/mol. The van der Waals surface area contributed by atoms with Crippen LogP contribution in [0.25, 0.3) is 0 Å². The normalized spacial score (nSPS) is 10.8. The summed E-state index contributed by atoms with van der Waals surface area (Å²) in [6.45, 7) is 8.96. The Morgan fingerprint density at radius 1 is 1.00 bits per heavy atom. The number of esters is 2. The third kappa shape index (κ3) is 6.54. The van der Waals surface area contributed by atoms with Crippen molar-refractivity contribution in [2.24, 2.45) is 0 Å². The van der Waals surface area contributed by atoms with Gasteiger partial charge in [0.15, 0.2) is 0 Å². The summed E-state index contributed by atoms with van der Waals surface area (Å²) in [5.41, 5.74) is -0.620. The zero-order chi connectivity index (χ0) is 15.8. The topological polar surface area (TPSA) is 72.9 Å². The van der Waals surface area contributed by atoms with Crippen molar-refractivity contribution in [3.05, 3.63) is 0 Å². The van der Waals surface area contributed by atoms with Crippen LogP contribution in [0.2, 0.25) is 0 Å². The quantitative estimate of drug-likeness (QED) is 0.633. The van der Waals surface area contributed by atoms with Crippen LogP contribution in [0.15, 0.2) is 0 Å². The lowest BCUT2D eigenvalue weighted by Crippen LogP contribution is -2.49. The highest BCUT2D eigenvalue weighted by atomic mass is 16.5. The molecule has 0 fully saturated rings. The predicted octanol–water partition coefficient (Wildman–Crippen LogP) is 1.52. The van der Waals surface area contributed by atoms with Crippen LogP contribution >= 0.6 is 0 Å². The number of carbonyl (C=O) groups is 3. The Kier molecular flexibility index (Phi) is 7.87. The van der Waals surface area contributed by atoms with Crippen molar-refractivity contribution in [3.63, 3.8) is 0 Å². The van der Waals surface area contributed by atoms with Gasteiger partial charge in [-0.1, -0.05) is 0 Å². The summed E-state index contributed by atoms with van der Waals surface area (Å²) >= 11 is 0. The van der Waals surface area contributed by atoms with Gasteiger partial charge in [0.2, 0.25) is 5.91 Å². The third-order valence-electron chi connectivity index (χ3n) is 2.95. The van der Waals surface area contributed by atoms with E-state index in [9.17, 15) is 14.4 Å². The van der Waals surface area contributed by atoms with Crippen molar-refractivity contribution < 1.29 is 23.9 Å². The van der Waals surface area contributed by atoms with Crippen molar-refractivity contribution >= 4 is 17.8 Å². The lowest BCUT2D eigenvalue weighted by Gasteiger charge is -2.37. The smallest absolute Gasteiger partial charge is 0.325 e. The number of ether oxygens (including phenoxy) is 2. The molecule has 0 unspecified atom stereocenters. The van der Waals surface area contributed by atoms with Crippen LogP contribution in [0.1, 0.15) is 47.5 Å². The van der Waals surface area contributed by atoms with E-state index in [4.69, 9.17) is 9.47 Å². The van der Waals surface area contributed by atoms with Gasteiger partial charge >= 0.3 is 11.9 Å². The molecule has 0 aliphatic rings. The van der Waals surface area contributed by atoms with E-state index in [-0.39, 0.29) is 31.4 Å². The molecule has 6 heteroatoms. The molecule has 0 aliphatic heterocycles. The SMILES string of the molecule is CCOC(=O)CCC(C)(C)N(CC(=O)OCC)C(C)=O. The van der Waals surface area contributed by atoms with Crippen LogP contribution in [0, 0.1) is 0 Å². The molecule has 20 heavy (non-hydrogen) atoms. The molecule has 0 spiro atoms. The highest BCUT2D eigenvalue weighted by molar-refractivity contribution is 5.81. The van der Waals surface area contributed by atoms with Gasteiger partial charge in [-0.05, 0) is 34.1 Å². The largest absolute Gasteiger partial charge is 0.466 e. The Morgan fingerprint density at radius 3 is 1.95 bits per heavy atom. The highest BCUT2D eigenvalue weighted by Gasteiger charge is 2.31. The van der Waals surface area contributed by atoms with Gasteiger partial charge in [0.05, 0.1) is 13.2 Å². The fourth-order valence-electron chi connectivity index (χ4n) is 1.86. The van der Waals surface area contributed by atoms with E-state index in [0.717, 1.165) is 0 Å². The number of rotatable bonds is 8. The fraction of sp³-hybridized carbons (Fsp3) is 0.786. The molecule has 0 radical (unpaired) electrons. The maximum absolute atomic E-state index is 11.7. The lowest BCUT2D eigenvalue weighted by atomic mass is 9.95. The minimum Gasteiger partial charge on any atom is -0.466 e. The van der Waals surface area contributed by atoms with Crippen LogP contribution in [0.4, 0.5) is 0 Å². The highest BCUT2D eigenvalue weighted by Crippen LogP contribution is 2.21. The Bertz CT molecular complexity index is 351. The molecule has 6 nitrogen and oxygen atoms in total. The maximum Gasteiger partial charge on any atom is 0.325 e. The maximum atomic E-state index is 11.7. The minimum atomic E-state index is -0.620. The number of amides is 1. The summed E-state index contributed by atoms with van der Waals surface area (Å²) in [5.74, 6) is -0.987. The first-order valence-corrected chi connectivity index (χ1v) is 6.84. The Morgan fingerprint density at radius 2 is 1.50 bits per heavy atom. The van der Waals surface area contributed by atoms with Gasteiger partial charge < -0.3 is 14.4 Å². The van der Waals surface area contributed by atoms with E-state index in [1.807, 2.05) is 13.8 Å². The second kappa shape index (κ2) is 8.55. The van der Waals surface area contributed by atoms with Crippen LogP contribution in [-0.4, -0.2) is 48.0 Å². The number of hydrogen-bond acceptors (Lipinski definition) is 5. The first-order valence-electron chi connectivity index (χ1n) is 6.84. The standard InChI is InChI=1S/C14H25NO5/c1-6-19-12(17)8-9-14(4,5)15(11(3)16)10-13(18)20-7-2/h6-10H2,1-5H3. The molecule has 0 atom stereocenters. The van der Waals surface area contributed by atoms with Crippen molar-refractivity contribution in [2.45, 2.75) is 53.0 Å². The molecule has 0 heterocycles. The zero-order valence-corrected chi connectivity index (χ0v) is 13.0. The average molecular weight is 287 g/mol. The zero-order valence-electron chi connectivity index (χ0n) is 13.0. The van der Waals surface area contributed by atoms with Crippen LogP contribution in [0.3, 0.4) is 0 Å². The summed E-state index contributed by atoms with van der Waals surface area (Å²) in [4.78, 5) is 36.1. The van der Waals surface area contributed by atoms with E-state index in [2.05, 4.69) is 0 Å². The Balaban J connectivity index is 4.66. The molecule has 0 aromatic carbocycles. The summed E-state index contributed by atoms with van der Waals surface area (Å²) in [6.07, 6.45) is 0.623. The molecule has 0 aromatic heterocycles. The second-order valence-electron chi connectivity index (χ2n) is 5.03. The van der Waals surface area contributed by atoms with Gasteiger partial charge in [0.1, 0.15) is 6.54 Å². The van der Waals surface area contributed by atoms with Crippen molar-refractivity contribution in [2.75, 3.05) is 19.8 Å². The molecular weight excluding hydrogens is 262 g/mol. The first-order chi connectivity index (χ1) is 9.24. The molecule has 0 saturated carbocycles. The minimum absolute atomic E-state index is 0.112. The van der Waals surface area contributed by atoms with E-state index < -0.39 is 11.5 Å². The summed E-state index contributed by atoms with van der Waals surface area (Å²) in [7, 11) is 0. The summed E-state index contributed by atoms with van der Waals surface area (Å²) in [5, 5.41) is 0. The molecule has 0 rings (SSSR count). The second-order valence-corrected chi connectivity index (χ2v) is 5.03. The molecule has 0 saturated heterocycles. The van der Waals surface area contributed by atoms with Gasteiger partial charge in [-0.15, -0.1) is 0 Å². The number of carbonyl (C=O) groups excluding carboxylic acids is 3. The van der Waals surface area contributed by atoms with E-state index in [1.54, 1.807) is 13.8 Å². The Labute approximate surface area is 120 Å². The fourth-order valence-corrected chi connectivity index (χ4v) is 1.86. The van der Waals surface area contributed by atoms with E-state index in [1.165, 1.54) is 11.8 Å². The predicted molar refractivity (Wildman–Crippen MR) is 74.0 cm³/mol. The number of nitrogens with zero attached hydrogens (tertiary/aromatic N) is 1. The molecular formula is C14H25NO5. The van der Waals surface area contributed by atoms with Gasteiger partial charge in [-0.25, -0.2) is 0 Å². The Hall–Kier alpha value is -1.59. The van der Waals surface area contributed by atoms with Gasteiger partial charge in [0, 0.05) is 18.9 Å². The first kappa shape index (κ1) is 18.4. The van der Waals surface area contributed by atoms with Gasteiger partial charge in [-0.2, -0.15) is 0 Å². The molecule has 0 aliphatic carbocycles. The summed E-state index contributed by atoms with van der Waals surface area (Å²) < 4.78 is 9.72.